The Morgan fingerprint density at radius 1 is 1.03 bits per heavy atom. The summed E-state index contributed by atoms with van der Waals surface area (Å²) in [4.78, 5) is 29.8. The number of hydrogen-bond donors (Lipinski definition) is 1. The van der Waals surface area contributed by atoms with Crippen LogP contribution in [0, 0.1) is 0 Å². The number of ether oxygens (including phenoxy) is 1. The van der Waals surface area contributed by atoms with Crippen LogP contribution in [0.2, 0.25) is 5.02 Å². The Morgan fingerprint density at radius 3 is 2.53 bits per heavy atom. The number of halogens is 1. The molecule has 34 heavy (non-hydrogen) atoms. The lowest BCUT2D eigenvalue weighted by Crippen LogP contribution is -2.20. The Bertz CT molecular complexity index is 1480. The molecule has 3 heterocycles. The Morgan fingerprint density at radius 2 is 1.82 bits per heavy atom. The van der Waals surface area contributed by atoms with Crippen LogP contribution in [-0.4, -0.2) is 29.1 Å². The Hall–Kier alpha value is -4.24. The summed E-state index contributed by atoms with van der Waals surface area (Å²) in [5, 5.41) is 3.91. The molecule has 5 aromatic rings. The molecule has 0 atom stereocenters. The van der Waals surface area contributed by atoms with Gasteiger partial charge in [0.2, 0.25) is 11.8 Å². The summed E-state index contributed by atoms with van der Waals surface area (Å²) < 4.78 is 9.37. The van der Waals surface area contributed by atoms with E-state index in [9.17, 15) is 4.79 Å². The van der Waals surface area contributed by atoms with Crippen LogP contribution in [-0.2, 0) is 13.1 Å². The molecule has 0 amide bonds. The third-order valence-electron chi connectivity index (χ3n) is 5.21. The van der Waals surface area contributed by atoms with Crippen molar-refractivity contribution >= 4 is 34.4 Å². The van der Waals surface area contributed by atoms with Gasteiger partial charge in [-0.15, -0.1) is 0 Å². The van der Waals surface area contributed by atoms with Crippen LogP contribution < -0.4 is 15.6 Å². The average molecular weight is 474 g/mol. The maximum Gasteiger partial charge on any atom is 0.300 e. The van der Waals surface area contributed by atoms with Crippen molar-refractivity contribution < 1.29 is 4.74 Å². The molecule has 0 aliphatic carbocycles. The molecule has 0 bridgehead atoms. The fraction of sp³-hybridized carbons (Fsp3) is 0.125. The molecule has 170 valence electrons. The van der Waals surface area contributed by atoms with Gasteiger partial charge in [0.1, 0.15) is 5.75 Å². The van der Waals surface area contributed by atoms with Crippen LogP contribution in [0.3, 0.4) is 0 Å². The zero-order valence-corrected chi connectivity index (χ0v) is 19.0. The first-order valence-corrected chi connectivity index (χ1v) is 11.0. The van der Waals surface area contributed by atoms with Crippen molar-refractivity contribution in [2.24, 2.45) is 0 Å². The number of nitrogens with one attached hydrogen (secondary N) is 1. The highest BCUT2D eigenvalue weighted by atomic mass is 35.5. The average Bonchev–Trinajstić information content (AvgIpc) is 3.30. The molecule has 2 aromatic carbocycles. The molecule has 0 radical (unpaired) electrons. The van der Waals surface area contributed by atoms with Crippen LogP contribution in [0.15, 0.2) is 78.2 Å². The molecule has 5 rings (SSSR count). The van der Waals surface area contributed by atoms with Crippen molar-refractivity contribution in [3.05, 3.63) is 94.4 Å². The lowest BCUT2D eigenvalue weighted by molar-refractivity contribution is 0.460. The van der Waals surface area contributed by atoms with Gasteiger partial charge in [0.25, 0.3) is 0 Å². The number of fused-ring (bicyclic) bond motifs is 1. The minimum Gasteiger partial charge on any atom is -0.438 e. The highest BCUT2D eigenvalue weighted by Gasteiger charge is 2.16. The van der Waals surface area contributed by atoms with Gasteiger partial charge in [-0.25, -0.2) is 9.97 Å². The quantitative estimate of drug-likeness (QED) is 0.367. The van der Waals surface area contributed by atoms with Gasteiger partial charge in [0.05, 0.1) is 19.1 Å². The Balaban J connectivity index is 1.49. The maximum absolute atomic E-state index is 12.9. The summed E-state index contributed by atoms with van der Waals surface area (Å²) in [6.45, 7) is 3.03. The summed E-state index contributed by atoms with van der Waals surface area (Å²) in [6.07, 6.45) is 6.34. The zero-order valence-electron chi connectivity index (χ0n) is 18.2. The molecule has 0 spiro atoms. The fourth-order valence-electron chi connectivity index (χ4n) is 3.55. The van der Waals surface area contributed by atoms with Gasteiger partial charge < -0.3 is 14.6 Å². The summed E-state index contributed by atoms with van der Waals surface area (Å²) >= 11 is 6.05. The van der Waals surface area contributed by atoms with Gasteiger partial charge >= 0.3 is 5.56 Å². The van der Waals surface area contributed by atoms with Crippen LogP contribution in [0.5, 0.6) is 11.6 Å². The number of nitrogens with zero attached hydrogens (tertiary/aromatic N) is 6. The topological polar surface area (TPSA) is 99.8 Å². The molecule has 0 unspecified atom stereocenters. The van der Waals surface area contributed by atoms with E-state index in [4.69, 9.17) is 16.3 Å². The van der Waals surface area contributed by atoms with E-state index in [-0.39, 0.29) is 5.56 Å². The molecule has 1 N–H and O–H groups in total. The van der Waals surface area contributed by atoms with Gasteiger partial charge in [-0.3, -0.25) is 14.3 Å². The number of aromatic nitrogens is 6. The monoisotopic (exact) mass is 473 g/mol. The normalized spacial score (nSPS) is 11.0. The number of benzene rings is 2. The standard InChI is InChI=1S/C24H20ClN7O2/c1-2-31-15-28-22-21(31)23(33)30-24(32(22)14-16-3-5-17(25)6-4-16)29-18-7-9-19(10-8-18)34-20-13-26-11-12-27-20/h3-13,15H,2,14H2,1H3,(H,29,30,33). The molecular weight excluding hydrogens is 454 g/mol. The van der Waals surface area contributed by atoms with Gasteiger partial charge in [0.15, 0.2) is 11.2 Å². The van der Waals surface area contributed by atoms with E-state index < -0.39 is 0 Å². The van der Waals surface area contributed by atoms with Crippen molar-refractivity contribution in [1.29, 1.82) is 0 Å². The Labute approximate surface area is 199 Å². The van der Waals surface area contributed by atoms with E-state index in [2.05, 4.69) is 25.3 Å². The first-order chi connectivity index (χ1) is 16.6. The minimum atomic E-state index is -0.341. The SMILES string of the molecule is CCn1cnc2c1c(=O)nc(Nc1ccc(Oc3cnccn3)cc1)n2Cc1ccc(Cl)cc1. The van der Waals surface area contributed by atoms with Crippen molar-refractivity contribution in [3.8, 4) is 11.6 Å². The minimum absolute atomic E-state index is 0.341. The van der Waals surface area contributed by atoms with Gasteiger partial charge in [0, 0.05) is 29.6 Å². The molecule has 0 saturated heterocycles. The van der Waals surface area contributed by atoms with Gasteiger partial charge in [-0.05, 0) is 48.9 Å². The predicted molar refractivity (Wildman–Crippen MR) is 130 cm³/mol. The largest absolute Gasteiger partial charge is 0.438 e. The van der Waals surface area contributed by atoms with Crippen molar-refractivity contribution in [3.63, 3.8) is 0 Å². The molecule has 0 aliphatic rings. The smallest absolute Gasteiger partial charge is 0.300 e. The van der Waals surface area contributed by atoms with Crippen molar-refractivity contribution in [2.75, 3.05) is 5.32 Å². The highest BCUT2D eigenvalue weighted by Crippen LogP contribution is 2.24. The molecule has 0 saturated carbocycles. The molecule has 10 heteroatoms. The van der Waals surface area contributed by atoms with Crippen LogP contribution in [0.25, 0.3) is 11.2 Å². The van der Waals surface area contributed by atoms with Crippen LogP contribution in [0.4, 0.5) is 11.6 Å². The number of imidazole rings is 1. The van der Waals surface area contributed by atoms with E-state index in [1.54, 1.807) is 35.4 Å². The Kier molecular flexibility index (Phi) is 5.92. The van der Waals surface area contributed by atoms with Crippen LogP contribution >= 0.6 is 11.6 Å². The van der Waals surface area contributed by atoms with E-state index >= 15 is 0 Å². The van der Waals surface area contributed by atoms with E-state index in [1.165, 1.54) is 6.20 Å². The molecule has 0 fully saturated rings. The summed E-state index contributed by atoms with van der Waals surface area (Å²) in [6, 6.07) is 14.8. The second-order valence-corrected chi connectivity index (χ2v) is 7.89. The maximum atomic E-state index is 12.9. The van der Waals surface area contributed by atoms with Crippen LogP contribution in [0.1, 0.15) is 12.5 Å². The molecule has 9 nitrogen and oxygen atoms in total. The first kappa shape index (κ1) is 21.6. The zero-order chi connectivity index (χ0) is 23.5. The van der Waals surface area contributed by atoms with Crippen molar-refractivity contribution in [2.45, 2.75) is 20.0 Å². The molecule has 3 aromatic heterocycles. The summed E-state index contributed by atoms with van der Waals surface area (Å²) in [5.41, 5.74) is 2.42. The third kappa shape index (κ3) is 4.46. The fourth-order valence-corrected chi connectivity index (χ4v) is 3.68. The van der Waals surface area contributed by atoms with Gasteiger partial charge in [-0.2, -0.15) is 4.98 Å². The highest BCUT2D eigenvalue weighted by molar-refractivity contribution is 6.30. The second kappa shape index (κ2) is 9.32. The second-order valence-electron chi connectivity index (χ2n) is 7.45. The summed E-state index contributed by atoms with van der Waals surface area (Å²) in [7, 11) is 0. The lowest BCUT2D eigenvalue weighted by atomic mass is 10.2. The number of hydrogen-bond acceptors (Lipinski definition) is 7. The molecular formula is C24H20ClN7O2. The first-order valence-electron chi connectivity index (χ1n) is 10.6. The van der Waals surface area contributed by atoms with Crippen molar-refractivity contribution in [1.82, 2.24) is 29.1 Å². The predicted octanol–water partition coefficient (Wildman–Crippen LogP) is 4.64. The van der Waals surface area contributed by atoms with E-state index in [0.29, 0.717) is 46.9 Å². The molecule has 0 aliphatic heterocycles. The number of rotatable bonds is 7. The van der Waals surface area contributed by atoms with Gasteiger partial charge in [-0.1, -0.05) is 23.7 Å². The summed E-state index contributed by atoms with van der Waals surface area (Å²) in [5.74, 6) is 1.39. The number of aryl methyl sites for hydroxylation is 1. The van der Waals surface area contributed by atoms with E-state index in [0.717, 1.165) is 11.3 Å². The van der Waals surface area contributed by atoms with E-state index in [1.807, 2.05) is 47.9 Å². The number of anilines is 2. The lowest BCUT2D eigenvalue weighted by Gasteiger charge is -2.15. The third-order valence-corrected chi connectivity index (χ3v) is 5.46.